The van der Waals surface area contributed by atoms with E-state index in [0.29, 0.717) is 0 Å². The van der Waals surface area contributed by atoms with E-state index < -0.39 is 6.10 Å². The van der Waals surface area contributed by atoms with Crippen LogP contribution in [0.4, 0.5) is 0 Å². The molecule has 0 radical (unpaired) electrons. The normalized spacial score (nSPS) is 12.3. The highest BCUT2D eigenvalue weighted by Crippen LogP contribution is 2.29. The molecule has 0 fully saturated rings. The van der Waals surface area contributed by atoms with Crippen LogP contribution in [-0.4, -0.2) is 17.2 Å². The Morgan fingerprint density at radius 2 is 1.85 bits per heavy atom. The second-order valence-corrected chi connectivity index (χ2v) is 4.62. The van der Waals surface area contributed by atoms with Crippen LogP contribution in [0.3, 0.4) is 0 Å². The molecule has 1 atom stereocenters. The van der Waals surface area contributed by atoms with Gasteiger partial charge in [0.1, 0.15) is 11.9 Å². The standard InChI is InChI=1S/C17H15NO2/c1-20-14-7-5-13(6-8-14)17(19)15-4-2-3-12-9-10-18-11-16(12)15/h2-11,17,19H,1H3. The number of fused-ring (bicyclic) bond motifs is 1. The molecule has 0 aliphatic heterocycles. The molecule has 1 aromatic heterocycles. The summed E-state index contributed by atoms with van der Waals surface area (Å²) in [7, 11) is 1.63. The molecular formula is C17H15NO2. The number of rotatable bonds is 3. The maximum Gasteiger partial charge on any atom is 0.118 e. The van der Waals surface area contributed by atoms with Gasteiger partial charge in [-0.25, -0.2) is 0 Å². The van der Waals surface area contributed by atoms with Crippen LogP contribution in [0, 0.1) is 0 Å². The molecule has 100 valence electrons. The van der Waals surface area contributed by atoms with Gasteiger partial charge in [-0.05, 0) is 34.7 Å². The topological polar surface area (TPSA) is 42.4 Å². The molecule has 1 unspecified atom stereocenters. The van der Waals surface area contributed by atoms with Gasteiger partial charge in [0.2, 0.25) is 0 Å². The van der Waals surface area contributed by atoms with E-state index in [0.717, 1.165) is 27.6 Å². The molecule has 1 N–H and O–H groups in total. The molecule has 3 rings (SSSR count). The third kappa shape index (κ3) is 2.24. The van der Waals surface area contributed by atoms with Crippen molar-refractivity contribution in [2.45, 2.75) is 6.10 Å². The maximum absolute atomic E-state index is 10.6. The highest BCUT2D eigenvalue weighted by Gasteiger charge is 2.13. The van der Waals surface area contributed by atoms with Crippen LogP contribution in [0.1, 0.15) is 17.2 Å². The summed E-state index contributed by atoms with van der Waals surface area (Å²) in [6, 6.07) is 15.3. The minimum Gasteiger partial charge on any atom is -0.497 e. The van der Waals surface area contributed by atoms with E-state index in [9.17, 15) is 5.11 Å². The summed E-state index contributed by atoms with van der Waals surface area (Å²) < 4.78 is 5.13. The highest BCUT2D eigenvalue weighted by molar-refractivity contribution is 5.85. The van der Waals surface area contributed by atoms with E-state index in [1.165, 1.54) is 0 Å². The fraction of sp³-hybridized carbons (Fsp3) is 0.118. The summed E-state index contributed by atoms with van der Waals surface area (Å²) in [4.78, 5) is 4.15. The molecule has 3 heteroatoms. The number of aliphatic hydroxyl groups is 1. The Balaban J connectivity index is 2.05. The van der Waals surface area contributed by atoms with Crippen LogP contribution in [0.2, 0.25) is 0 Å². The van der Waals surface area contributed by atoms with Crippen molar-refractivity contribution >= 4 is 10.8 Å². The molecule has 20 heavy (non-hydrogen) atoms. The second-order valence-electron chi connectivity index (χ2n) is 4.62. The predicted octanol–water partition coefficient (Wildman–Crippen LogP) is 3.33. The van der Waals surface area contributed by atoms with Gasteiger partial charge in [-0.15, -0.1) is 0 Å². The first-order valence-corrected chi connectivity index (χ1v) is 6.44. The summed E-state index contributed by atoms with van der Waals surface area (Å²) in [5.74, 6) is 0.778. The van der Waals surface area contributed by atoms with E-state index in [2.05, 4.69) is 4.98 Å². The number of hydrogen-bond donors (Lipinski definition) is 1. The lowest BCUT2D eigenvalue weighted by molar-refractivity contribution is 0.222. The zero-order chi connectivity index (χ0) is 13.9. The molecule has 0 saturated carbocycles. The van der Waals surface area contributed by atoms with Gasteiger partial charge < -0.3 is 9.84 Å². The Bertz CT molecular complexity index is 717. The Morgan fingerprint density at radius 1 is 1.05 bits per heavy atom. The minimum atomic E-state index is -0.672. The quantitative estimate of drug-likeness (QED) is 0.790. The van der Waals surface area contributed by atoms with Crippen molar-refractivity contribution in [2.75, 3.05) is 7.11 Å². The van der Waals surface area contributed by atoms with E-state index in [1.54, 1.807) is 19.5 Å². The maximum atomic E-state index is 10.6. The zero-order valence-corrected chi connectivity index (χ0v) is 11.2. The first kappa shape index (κ1) is 12.6. The molecule has 0 bridgehead atoms. The van der Waals surface area contributed by atoms with E-state index in [1.807, 2.05) is 48.5 Å². The van der Waals surface area contributed by atoms with Crippen LogP contribution < -0.4 is 4.74 Å². The van der Waals surface area contributed by atoms with Gasteiger partial charge in [0.25, 0.3) is 0 Å². The smallest absolute Gasteiger partial charge is 0.118 e. The summed E-state index contributed by atoms with van der Waals surface area (Å²) in [5, 5.41) is 12.6. The lowest BCUT2D eigenvalue weighted by Crippen LogP contribution is -2.00. The molecule has 0 amide bonds. The number of methoxy groups -OCH3 is 1. The Hall–Kier alpha value is -2.39. The zero-order valence-electron chi connectivity index (χ0n) is 11.2. The Kier molecular flexibility index (Phi) is 3.35. The van der Waals surface area contributed by atoms with Gasteiger partial charge in [-0.1, -0.05) is 30.3 Å². The fourth-order valence-electron chi connectivity index (χ4n) is 2.34. The minimum absolute atomic E-state index is 0.672. The number of benzene rings is 2. The Labute approximate surface area is 117 Å². The van der Waals surface area contributed by atoms with E-state index >= 15 is 0 Å². The van der Waals surface area contributed by atoms with Crippen LogP contribution in [0.15, 0.2) is 60.9 Å². The third-order valence-corrected chi connectivity index (χ3v) is 3.44. The summed E-state index contributed by atoms with van der Waals surface area (Å²) >= 11 is 0. The third-order valence-electron chi connectivity index (χ3n) is 3.44. The van der Waals surface area contributed by atoms with Crippen molar-refractivity contribution in [3.8, 4) is 5.75 Å². The van der Waals surface area contributed by atoms with Gasteiger partial charge in [-0.2, -0.15) is 0 Å². The average molecular weight is 265 g/mol. The van der Waals surface area contributed by atoms with Crippen molar-refractivity contribution in [3.05, 3.63) is 72.1 Å². The van der Waals surface area contributed by atoms with Crippen LogP contribution >= 0.6 is 0 Å². The van der Waals surface area contributed by atoms with Gasteiger partial charge >= 0.3 is 0 Å². The number of nitrogens with zero attached hydrogens (tertiary/aromatic N) is 1. The summed E-state index contributed by atoms with van der Waals surface area (Å²) in [5.41, 5.74) is 1.70. The van der Waals surface area contributed by atoms with Crippen LogP contribution in [-0.2, 0) is 0 Å². The molecular weight excluding hydrogens is 250 g/mol. The van der Waals surface area contributed by atoms with Gasteiger partial charge in [0.05, 0.1) is 7.11 Å². The van der Waals surface area contributed by atoms with E-state index in [-0.39, 0.29) is 0 Å². The average Bonchev–Trinajstić information content (AvgIpc) is 2.54. The van der Waals surface area contributed by atoms with Crippen molar-refractivity contribution in [3.63, 3.8) is 0 Å². The second kappa shape index (κ2) is 5.31. The molecule has 2 aromatic carbocycles. The van der Waals surface area contributed by atoms with E-state index in [4.69, 9.17) is 4.74 Å². The lowest BCUT2D eigenvalue weighted by Gasteiger charge is -2.14. The predicted molar refractivity (Wildman–Crippen MR) is 78.8 cm³/mol. The van der Waals surface area contributed by atoms with Gasteiger partial charge in [0.15, 0.2) is 0 Å². The summed E-state index contributed by atoms with van der Waals surface area (Å²) in [6.45, 7) is 0. The molecule has 0 aliphatic carbocycles. The SMILES string of the molecule is COc1ccc(C(O)c2cccc3ccncc23)cc1. The first-order chi connectivity index (χ1) is 9.79. The molecule has 0 spiro atoms. The number of aromatic nitrogens is 1. The first-order valence-electron chi connectivity index (χ1n) is 6.44. The molecule has 1 heterocycles. The van der Waals surface area contributed by atoms with Crippen molar-refractivity contribution in [1.82, 2.24) is 4.98 Å². The van der Waals surface area contributed by atoms with Crippen molar-refractivity contribution < 1.29 is 9.84 Å². The lowest BCUT2D eigenvalue weighted by atomic mass is 9.97. The molecule has 3 nitrogen and oxygen atoms in total. The molecule has 0 aliphatic rings. The summed E-state index contributed by atoms with van der Waals surface area (Å²) in [6.07, 6.45) is 2.87. The number of aliphatic hydroxyl groups excluding tert-OH is 1. The number of hydrogen-bond acceptors (Lipinski definition) is 3. The largest absolute Gasteiger partial charge is 0.497 e. The highest BCUT2D eigenvalue weighted by atomic mass is 16.5. The number of pyridine rings is 1. The molecule has 0 saturated heterocycles. The monoisotopic (exact) mass is 265 g/mol. The van der Waals surface area contributed by atoms with Crippen LogP contribution in [0.25, 0.3) is 10.8 Å². The van der Waals surface area contributed by atoms with Gasteiger partial charge in [-0.3, -0.25) is 4.98 Å². The molecule has 3 aromatic rings. The van der Waals surface area contributed by atoms with Gasteiger partial charge in [0, 0.05) is 17.8 Å². The van der Waals surface area contributed by atoms with Crippen molar-refractivity contribution in [1.29, 1.82) is 0 Å². The van der Waals surface area contributed by atoms with Crippen molar-refractivity contribution in [2.24, 2.45) is 0 Å². The fourth-order valence-corrected chi connectivity index (χ4v) is 2.34. The van der Waals surface area contributed by atoms with Crippen LogP contribution in [0.5, 0.6) is 5.75 Å². The Morgan fingerprint density at radius 3 is 2.60 bits per heavy atom. The number of ether oxygens (including phenoxy) is 1.